The quantitative estimate of drug-likeness (QED) is 0.486. The number of aryl methyl sites for hydroxylation is 1. The summed E-state index contributed by atoms with van der Waals surface area (Å²) in [6, 6.07) is 5.34. The van der Waals surface area contributed by atoms with Gasteiger partial charge in [0.1, 0.15) is 5.92 Å². The molecule has 1 aromatic carbocycles. The van der Waals surface area contributed by atoms with Crippen LogP contribution in [0.3, 0.4) is 0 Å². The van der Waals surface area contributed by atoms with Crippen molar-refractivity contribution in [1.29, 1.82) is 0 Å². The van der Waals surface area contributed by atoms with E-state index in [1.165, 1.54) is 7.11 Å². The molecule has 1 rings (SSSR count). The van der Waals surface area contributed by atoms with E-state index in [0.717, 1.165) is 10.0 Å². The lowest BCUT2D eigenvalue weighted by Gasteiger charge is -2.17. The second-order valence-electron chi connectivity index (χ2n) is 4.57. The molecule has 0 radical (unpaired) electrons. The molecule has 1 aromatic rings. The fraction of sp³-hybridized carbons (Fsp3) is 0.429. The standard InChI is InChI=1S/C14H17BrO3/c1-8(2)12(14(17)18-4)13(16)10-6-5-9(3)11(15)7-10/h5-8,12H,1-4H3. The van der Waals surface area contributed by atoms with Crippen molar-refractivity contribution in [2.24, 2.45) is 11.8 Å². The van der Waals surface area contributed by atoms with Gasteiger partial charge in [-0.25, -0.2) is 0 Å². The average Bonchev–Trinajstić information content (AvgIpc) is 2.32. The van der Waals surface area contributed by atoms with Crippen LogP contribution in [-0.4, -0.2) is 18.9 Å². The number of benzene rings is 1. The number of rotatable bonds is 4. The molecular weight excluding hydrogens is 296 g/mol. The molecule has 18 heavy (non-hydrogen) atoms. The number of carbonyl (C=O) groups is 2. The predicted molar refractivity (Wildman–Crippen MR) is 73.6 cm³/mol. The van der Waals surface area contributed by atoms with E-state index < -0.39 is 11.9 Å². The number of hydrogen-bond donors (Lipinski definition) is 0. The van der Waals surface area contributed by atoms with Crippen LogP contribution in [0, 0.1) is 18.8 Å². The van der Waals surface area contributed by atoms with Gasteiger partial charge in [-0.05, 0) is 24.5 Å². The maximum atomic E-state index is 12.3. The van der Waals surface area contributed by atoms with Crippen molar-refractivity contribution in [2.45, 2.75) is 20.8 Å². The molecule has 98 valence electrons. The summed E-state index contributed by atoms with van der Waals surface area (Å²) in [4.78, 5) is 24.0. The Bertz CT molecular complexity index is 466. The Morgan fingerprint density at radius 1 is 1.28 bits per heavy atom. The molecule has 3 nitrogen and oxygen atoms in total. The largest absolute Gasteiger partial charge is 0.468 e. The minimum Gasteiger partial charge on any atom is -0.468 e. The summed E-state index contributed by atoms with van der Waals surface area (Å²) in [7, 11) is 1.30. The number of esters is 1. The summed E-state index contributed by atoms with van der Waals surface area (Å²) in [6.45, 7) is 5.62. The lowest BCUT2D eigenvalue weighted by molar-refractivity contribution is -0.144. The first kappa shape index (κ1) is 14.9. The Balaban J connectivity index is 3.10. The van der Waals surface area contributed by atoms with Gasteiger partial charge >= 0.3 is 5.97 Å². The third kappa shape index (κ3) is 3.19. The molecule has 0 aliphatic rings. The van der Waals surface area contributed by atoms with E-state index in [0.29, 0.717) is 5.56 Å². The number of Topliss-reactive ketones (excluding diaryl/α,β-unsaturated/α-hetero) is 1. The van der Waals surface area contributed by atoms with Gasteiger partial charge < -0.3 is 4.74 Å². The van der Waals surface area contributed by atoms with Crippen LogP contribution < -0.4 is 0 Å². The van der Waals surface area contributed by atoms with Crippen molar-refractivity contribution in [1.82, 2.24) is 0 Å². The van der Waals surface area contributed by atoms with Gasteiger partial charge in [0.15, 0.2) is 5.78 Å². The molecule has 0 saturated heterocycles. The number of ketones is 1. The summed E-state index contributed by atoms with van der Waals surface area (Å²) >= 11 is 3.39. The van der Waals surface area contributed by atoms with Gasteiger partial charge in [-0.3, -0.25) is 9.59 Å². The van der Waals surface area contributed by atoms with E-state index in [1.807, 2.05) is 26.8 Å². The Hall–Kier alpha value is -1.16. The van der Waals surface area contributed by atoms with E-state index in [9.17, 15) is 9.59 Å². The Kier molecular flexibility index (Phi) is 5.08. The topological polar surface area (TPSA) is 43.4 Å². The van der Waals surface area contributed by atoms with E-state index in [1.54, 1.807) is 12.1 Å². The highest BCUT2D eigenvalue weighted by atomic mass is 79.9. The van der Waals surface area contributed by atoms with Gasteiger partial charge in [0.05, 0.1) is 7.11 Å². The van der Waals surface area contributed by atoms with Crippen LogP contribution in [0.2, 0.25) is 0 Å². The lowest BCUT2D eigenvalue weighted by atomic mass is 9.88. The van der Waals surface area contributed by atoms with E-state index in [2.05, 4.69) is 15.9 Å². The molecule has 0 saturated carbocycles. The summed E-state index contributed by atoms with van der Waals surface area (Å²) < 4.78 is 5.56. The number of carbonyl (C=O) groups excluding carboxylic acids is 2. The molecule has 0 aromatic heterocycles. The minimum absolute atomic E-state index is 0.0926. The summed E-state index contributed by atoms with van der Waals surface area (Å²) in [5.74, 6) is -1.51. The maximum absolute atomic E-state index is 12.3. The monoisotopic (exact) mass is 312 g/mol. The molecule has 0 aliphatic heterocycles. The number of halogens is 1. The van der Waals surface area contributed by atoms with E-state index >= 15 is 0 Å². The number of methoxy groups -OCH3 is 1. The summed E-state index contributed by atoms with van der Waals surface area (Å²) in [5, 5.41) is 0. The fourth-order valence-corrected chi connectivity index (χ4v) is 2.11. The molecule has 0 fully saturated rings. The molecule has 0 amide bonds. The molecular formula is C14H17BrO3. The fourth-order valence-electron chi connectivity index (χ4n) is 1.73. The molecule has 0 aliphatic carbocycles. The molecule has 1 atom stereocenters. The highest BCUT2D eigenvalue weighted by Crippen LogP contribution is 2.23. The first-order valence-electron chi connectivity index (χ1n) is 5.76. The lowest BCUT2D eigenvalue weighted by Crippen LogP contribution is -2.30. The highest BCUT2D eigenvalue weighted by Gasteiger charge is 2.31. The Morgan fingerprint density at radius 3 is 2.33 bits per heavy atom. The zero-order valence-electron chi connectivity index (χ0n) is 11.0. The second kappa shape index (κ2) is 6.14. The third-order valence-electron chi connectivity index (χ3n) is 2.86. The van der Waals surface area contributed by atoms with E-state index in [-0.39, 0.29) is 11.7 Å². The smallest absolute Gasteiger partial charge is 0.316 e. The second-order valence-corrected chi connectivity index (χ2v) is 5.43. The van der Waals surface area contributed by atoms with Crippen LogP contribution in [0.15, 0.2) is 22.7 Å². The molecule has 0 N–H and O–H groups in total. The van der Waals surface area contributed by atoms with Crippen LogP contribution >= 0.6 is 15.9 Å². The van der Waals surface area contributed by atoms with Crippen LogP contribution in [0.4, 0.5) is 0 Å². The third-order valence-corrected chi connectivity index (χ3v) is 3.71. The molecule has 0 heterocycles. The average molecular weight is 313 g/mol. The zero-order chi connectivity index (χ0) is 13.9. The van der Waals surface area contributed by atoms with Crippen molar-refractivity contribution in [3.05, 3.63) is 33.8 Å². The normalized spacial score (nSPS) is 12.3. The van der Waals surface area contributed by atoms with Crippen molar-refractivity contribution >= 4 is 27.7 Å². The van der Waals surface area contributed by atoms with Gasteiger partial charge in [0, 0.05) is 10.0 Å². The number of hydrogen-bond acceptors (Lipinski definition) is 3. The van der Waals surface area contributed by atoms with Crippen LogP contribution in [0.1, 0.15) is 29.8 Å². The molecule has 4 heteroatoms. The number of ether oxygens (including phenoxy) is 1. The van der Waals surface area contributed by atoms with Gasteiger partial charge in [0.25, 0.3) is 0 Å². The van der Waals surface area contributed by atoms with Crippen molar-refractivity contribution < 1.29 is 14.3 Å². The van der Waals surface area contributed by atoms with Gasteiger partial charge in [-0.1, -0.05) is 41.9 Å². The first-order valence-corrected chi connectivity index (χ1v) is 6.56. The molecule has 0 spiro atoms. The predicted octanol–water partition coefficient (Wildman–Crippen LogP) is 3.39. The first-order chi connectivity index (χ1) is 8.38. The van der Waals surface area contributed by atoms with Crippen LogP contribution in [0.5, 0.6) is 0 Å². The van der Waals surface area contributed by atoms with Gasteiger partial charge in [-0.15, -0.1) is 0 Å². The van der Waals surface area contributed by atoms with Crippen molar-refractivity contribution in [2.75, 3.05) is 7.11 Å². The minimum atomic E-state index is -0.746. The van der Waals surface area contributed by atoms with Gasteiger partial charge in [-0.2, -0.15) is 0 Å². The summed E-state index contributed by atoms with van der Waals surface area (Å²) in [6.07, 6.45) is 0. The van der Waals surface area contributed by atoms with Gasteiger partial charge in [0.2, 0.25) is 0 Å². The van der Waals surface area contributed by atoms with E-state index in [4.69, 9.17) is 4.74 Å². The van der Waals surface area contributed by atoms with Crippen molar-refractivity contribution in [3.8, 4) is 0 Å². The van der Waals surface area contributed by atoms with Crippen LogP contribution in [0.25, 0.3) is 0 Å². The zero-order valence-corrected chi connectivity index (χ0v) is 12.6. The Labute approximate surface area is 116 Å². The SMILES string of the molecule is COC(=O)C(C(=O)c1ccc(C)c(Br)c1)C(C)C. The maximum Gasteiger partial charge on any atom is 0.316 e. The van der Waals surface area contributed by atoms with Crippen molar-refractivity contribution in [3.63, 3.8) is 0 Å². The Morgan fingerprint density at radius 2 is 1.89 bits per heavy atom. The molecule has 0 bridgehead atoms. The summed E-state index contributed by atoms with van der Waals surface area (Å²) in [5.41, 5.74) is 1.57. The molecule has 1 unspecified atom stereocenters. The van der Waals surface area contributed by atoms with Crippen LogP contribution in [-0.2, 0) is 9.53 Å². The highest BCUT2D eigenvalue weighted by molar-refractivity contribution is 9.10.